The van der Waals surface area contributed by atoms with Crippen molar-refractivity contribution in [2.75, 3.05) is 30.0 Å². The van der Waals surface area contributed by atoms with Gasteiger partial charge in [-0.3, -0.25) is 4.57 Å². The van der Waals surface area contributed by atoms with Gasteiger partial charge in [-0.15, -0.1) is 20.4 Å². The molecule has 1 aromatic carbocycles. The number of fused-ring (bicyclic) bond motifs is 1. The second-order valence-electron chi connectivity index (χ2n) is 6.71. The second kappa shape index (κ2) is 8.40. The van der Waals surface area contributed by atoms with E-state index in [2.05, 4.69) is 42.4 Å². The third-order valence-electron chi connectivity index (χ3n) is 4.78. The SMILES string of the molecule is c1ccc(-c2nnc3n2C(CSc2nnc(NCC4CCCO4)s2)CS3)cc1. The van der Waals surface area contributed by atoms with Gasteiger partial charge in [-0.1, -0.05) is 65.2 Å². The lowest BCUT2D eigenvalue weighted by Gasteiger charge is -2.13. The summed E-state index contributed by atoms with van der Waals surface area (Å²) in [6.45, 7) is 1.68. The summed E-state index contributed by atoms with van der Waals surface area (Å²) in [5, 5.41) is 22.6. The van der Waals surface area contributed by atoms with Crippen molar-refractivity contribution in [3.05, 3.63) is 30.3 Å². The summed E-state index contributed by atoms with van der Waals surface area (Å²) in [6.07, 6.45) is 2.58. The van der Waals surface area contributed by atoms with Gasteiger partial charge < -0.3 is 10.1 Å². The first kappa shape index (κ1) is 18.4. The first-order chi connectivity index (χ1) is 13.9. The van der Waals surface area contributed by atoms with Crippen LogP contribution in [0.15, 0.2) is 39.8 Å². The average molecular weight is 433 g/mol. The zero-order chi connectivity index (χ0) is 18.8. The van der Waals surface area contributed by atoms with Gasteiger partial charge in [0.2, 0.25) is 5.13 Å². The Labute approximate surface area is 175 Å². The van der Waals surface area contributed by atoms with Crippen molar-refractivity contribution in [3.8, 4) is 11.4 Å². The molecule has 146 valence electrons. The molecule has 0 spiro atoms. The molecule has 2 aliphatic rings. The highest BCUT2D eigenvalue weighted by Gasteiger charge is 2.28. The molecule has 0 amide bonds. The highest BCUT2D eigenvalue weighted by atomic mass is 32.2. The van der Waals surface area contributed by atoms with Gasteiger partial charge in [0.1, 0.15) is 0 Å². The zero-order valence-electron chi connectivity index (χ0n) is 15.2. The van der Waals surface area contributed by atoms with Crippen molar-refractivity contribution < 1.29 is 4.74 Å². The fourth-order valence-electron chi connectivity index (χ4n) is 3.37. The number of hydrogen-bond acceptors (Lipinski definition) is 9. The molecule has 2 aromatic heterocycles. The Hall–Kier alpha value is -1.62. The number of thioether (sulfide) groups is 2. The van der Waals surface area contributed by atoms with E-state index in [1.807, 2.05) is 18.2 Å². The van der Waals surface area contributed by atoms with Crippen LogP contribution in [0.1, 0.15) is 18.9 Å². The van der Waals surface area contributed by atoms with Crippen molar-refractivity contribution >= 4 is 40.0 Å². The first-order valence-corrected chi connectivity index (χ1v) is 12.1. The summed E-state index contributed by atoms with van der Waals surface area (Å²) in [5.41, 5.74) is 1.11. The predicted octanol–water partition coefficient (Wildman–Crippen LogP) is 3.83. The van der Waals surface area contributed by atoms with Gasteiger partial charge in [0.05, 0.1) is 12.1 Å². The van der Waals surface area contributed by atoms with Crippen LogP contribution in [-0.4, -0.2) is 55.7 Å². The number of ether oxygens (including phenoxy) is 1. The number of aromatic nitrogens is 5. The summed E-state index contributed by atoms with van der Waals surface area (Å²) >= 11 is 5.13. The molecule has 1 saturated heterocycles. The summed E-state index contributed by atoms with van der Waals surface area (Å²) in [4.78, 5) is 0. The van der Waals surface area contributed by atoms with Crippen LogP contribution in [0.5, 0.6) is 0 Å². The van der Waals surface area contributed by atoms with E-state index >= 15 is 0 Å². The topological polar surface area (TPSA) is 77.8 Å². The molecule has 5 rings (SSSR count). The van der Waals surface area contributed by atoms with Crippen LogP contribution < -0.4 is 5.32 Å². The predicted molar refractivity (Wildman–Crippen MR) is 113 cm³/mol. The number of hydrogen-bond donors (Lipinski definition) is 1. The van der Waals surface area contributed by atoms with Crippen LogP contribution in [0.4, 0.5) is 5.13 Å². The van der Waals surface area contributed by atoms with E-state index in [-0.39, 0.29) is 0 Å². The van der Waals surface area contributed by atoms with Gasteiger partial charge in [0.25, 0.3) is 0 Å². The van der Waals surface area contributed by atoms with Crippen molar-refractivity contribution in [1.82, 2.24) is 25.0 Å². The third kappa shape index (κ3) is 3.91. The normalized spacial score (nSPS) is 21.1. The van der Waals surface area contributed by atoms with Crippen LogP contribution in [0.2, 0.25) is 0 Å². The first-order valence-electron chi connectivity index (χ1n) is 9.32. The molecule has 0 bridgehead atoms. The largest absolute Gasteiger partial charge is 0.376 e. The summed E-state index contributed by atoms with van der Waals surface area (Å²) < 4.78 is 8.90. The highest BCUT2D eigenvalue weighted by Crippen LogP contribution is 2.39. The summed E-state index contributed by atoms with van der Waals surface area (Å²) in [5.74, 6) is 2.89. The fourth-order valence-corrected chi connectivity index (χ4v) is 6.46. The Morgan fingerprint density at radius 1 is 1.18 bits per heavy atom. The molecule has 2 unspecified atom stereocenters. The minimum atomic E-state index is 0.305. The lowest BCUT2D eigenvalue weighted by atomic mass is 10.2. The van der Waals surface area contributed by atoms with Crippen LogP contribution >= 0.6 is 34.9 Å². The molecule has 3 aromatic rings. The quantitative estimate of drug-likeness (QED) is 0.565. The molecule has 2 aliphatic heterocycles. The Morgan fingerprint density at radius 3 is 2.96 bits per heavy atom. The minimum Gasteiger partial charge on any atom is -0.376 e. The molecule has 1 N–H and O–H groups in total. The van der Waals surface area contributed by atoms with Gasteiger partial charge in [0.15, 0.2) is 15.3 Å². The average Bonchev–Trinajstić information content (AvgIpc) is 3.51. The fraction of sp³-hybridized carbons (Fsp3) is 0.444. The van der Waals surface area contributed by atoms with E-state index in [1.165, 1.54) is 0 Å². The van der Waals surface area contributed by atoms with Gasteiger partial charge >= 0.3 is 0 Å². The van der Waals surface area contributed by atoms with Gasteiger partial charge in [0, 0.05) is 30.2 Å². The molecule has 10 heteroatoms. The molecule has 28 heavy (non-hydrogen) atoms. The van der Waals surface area contributed by atoms with E-state index in [1.54, 1.807) is 34.9 Å². The number of rotatable bonds is 7. The summed E-state index contributed by atoms with van der Waals surface area (Å²) in [6, 6.07) is 10.6. The van der Waals surface area contributed by atoms with Crippen LogP contribution in [0.25, 0.3) is 11.4 Å². The smallest absolute Gasteiger partial charge is 0.206 e. The van der Waals surface area contributed by atoms with E-state index < -0.39 is 0 Å². The van der Waals surface area contributed by atoms with E-state index in [0.717, 1.165) is 63.5 Å². The van der Waals surface area contributed by atoms with Gasteiger partial charge in [-0.25, -0.2) is 0 Å². The maximum atomic E-state index is 5.64. The molecule has 4 heterocycles. The molecule has 0 aliphatic carbocycles. The van der Waals surface area contributed by atoms with Crippen molar-refractivity contribution in [2.24, 2.45) is 0 Å². The summed E-state index contributed by atoms with van der Waals surface area (Å²) in [7, 11) is 0. The molecule has 2 atom stereocenters. The number of anilines is 1. The van der Waals surface area contributed by atoms with Crippen molar-refractivity contribution in [3.63, 3.8) is 0 Å². The van der Waals surface area contributed by atoms with Crippen LogP contribution in [0.3, 0.4) is 0 Å². The molecule has 0 radical (unpaired) electrons. The lowest BCUT2D eigenvalue weighted by molar-refractivity contribution is 0.120. The molecule has 1 fully saturated rings. The zero-order valence-corrected chi connectivity index (χ0v) is 17.6. The molecule has 7 nitrogen and oxygen atoms in total. The van der Waals surface area contributed by atoms with E-state index in [9.17, 15) is 0 Å². The monoisotopic (exact) mass is 432 g/mol. The second-order valence-corrected chi connectivity index (χ2v) is 9.94. The number of nitrogens with zero attached hydrogens (tertiary/aromatic N) is 5. The van der Waals surface area contributed by atoms with Crippen LogP contribution in [-0.2, 0) is 4.74 Å². The Balaban J connectivity index is 1.21. The van der Waals surface area contributed by atoms with Gasteiger partial charge in [-0.2, -0.15) is 0 Å². The Kier molecular flexibility index (Phi) is 5.52. The molecule has 0 saturated carbocycles. The maximum Gasteiger partial charge on any atom is 0.206 e. The Bertz CT molecular complexity index is 925. The van der Waals surface area contributed by atoms with E-state index in [4.69, 9.17) is 4.74 Å². The maximum absolute atomic E-state index is 5.64. The van der Waals surface area contributed by atoms with Crippen molar-refractivity contribution in [1.29, 1.82) is 0 Å². The van der Waals surface area contributed by atoms with Gasteiger partial charge in [-0.05, 0) is 12.8 Å². The Morgan fingerprint density at radius 2 is 2.11 bits per heavy atom. The third-order valence-corrected chi connectivity index (χ3v) is 8.02. The van der Waals surface area contributed by atoms with Crippen LogP contribution in [0, 0.1) is 0 Å². The molecular weight excluding hydrogens is 412 g/mol. The minimum absolute atomic E-state index is 0.305. The number of nitrogens with one attached hydrogen (secondary N) is 1. The van der Waals surface area contributed by atoms with E-state index in [0.29, 0.717) is 12.1 Å². The molecular formula is C18H20N6OS3. The highest BCUT2D eigenvalue weighted by molar-refractivity contribution is 8.01. The number of benzene rings is 1. The van der Waals surface area contributed by atoms with Crippen molar-refractivity contribution in [2.45, 2.75) is 34.5 Å². The lowest BCUT2D eigenvalue weighted by Crippen LogP contribution is -2.18. The standard InChI is InChI=1S/C18H20N6OS3/c1-2-5-12(6-3-1)15-20-22-17-24(15)13(10-26-17)11-27-18-23-21-16(28-18)19-9-14-7-4-8-25-14/h1-3,5-6,13-14H,4,7-11H2,(H,19,21).